The van der Waals surface area contributed by atoms with Crippen LogP contribution in [0.5, 0.6) is 0 Å². The molecule has 0 saturated carbocycles. The van der Waals surface area contributed by atoms with Gasteiger partial charge in [-0.15, -0.1) is 0 Å². The zero-order chi connectivity index (χ0) is 18.5. The zero-order valence-electron chi connectivity index (χ0n) is 15.9. The summed E-state index contributed by atoms with van der Waals surface area (Å²) in [4.78, 5) is 0. The quantitative estimate of drug-likeness (QED) is 0.334. The van der Waals surface area contributed by atoms with Gasteiger partial charge in [0.2, 0.25) is 0 Å². The second-order valence-corrected chi connectivity index (χ2v) is 8.09. The van der Waals surface area contributed by atoms with Crippen LogP contribution in [0.1, 0.15) is 83.6 Å². The first kappa shape index (κ1) is 22.0. The van der Waals surface area contributed by atoms with E-state index in [0.29, 0.717) is 12.2 Å². The molecule has 25 heavy (non-hydrogen) atoms. The topological polar surface area (TPSA) is 57.6 Å². The molecule has 0 aliphatic rings. The molecule has 0 atom stereocenters. The van der Waals surface area contributed by atoms with Crippen LogP contribution in [0, 0.1) is 0 Å². The molecule has 0 spiro atoms. The fraction of sp³-hybridized carbons (Fsp3) is 0.700. The molecule has 1 rings (SSSR count). The summed E-state index contributed by atoms with van der Waals surface area (Å²) >= 11 is 0. The van der Waals surface area contributed by atoms with Crippen LogP contribution in [0.4, 0.5) is 5.69 Å². The second-order valence-electron chi connectivity index (χ2n) is 6.76. The van der Waals surface area contributed by atoms with Crippen molar-refractivity contribution in [2.75, 3.05) is 10.8 Å². The lowest BCUT2D eigenvalue weighted by atomic mass is 10.0. The fourth-order valence-corrected chi connectivity index (χ4v) is 3.89. The van der Waals surface area contributed by atoms with Gasteiger partial charge in [0.15, 0.2) is 0 Å². The first-order chi connectivity index (χ1) is 12.0. The van der Waals surface area contributed by atoms with E-state index in [1.807, 2.05) is 18.2 Å². The average Bonchev–Trinajstić information content (AvgIpc) is 2.57. The average molecular weight is 370 g/mol. The van der Waals surface area contributed by atoms with E-state index >= 15 is 0 Å². The van der Waals surface area contributed by atoms with Crippen LogP contribution in [0.3, 0.4) is 0 Å². The van der Waals surface area contributed by atoms with Crippen molar-refractivity contribution in [1.29, 1.82) is 0 Å². The number of hydrogen-bond acceptors (Lipinski definition) is 2. The molecule has 0 amide bonds. The van der Waals surface area contributed by atoms with Crippen molar-refractivity contribution in [1.82, 2.24) is 0 Å². The number of benzene rings is 1. The van der Waals surface area contributed by atoms with Crippen molar-refractivity contribution in [2.45, 2.75) is 84.5 Å². The van der Waals surface area contributed by atoms with Gasteiger partial charge in [0.05, 0.1) is 5.69 Å². The van der Waals surface area contributed by atoms with Gasteiger partial charge in [0.1, 0.15) is 0 Å². The molecule has 0 aliphatic heterocycles. The Hall–Kier alpha value is -1.07. The van der Waals surface area contributed by atoms with Crippen LogP contribution in [0.15, 0.2) is 24.3 Å². The van der Waals surface area contributed by atoms with Gasteiger partial charge in [-0.05, 0) is 30.9 Å². The fourth-order valence-electron chi connectivity index (χ4n) is 3.10. The Kier molecular flexibility index (Phi) is 10.8. The summed E-state index contributed by atoms with van der Waals surface area (Å²) in [6.45, 7) is 4.69. The van der Waals surface area contributed by atoms with Crippen LogP contribution < -0.4 is 4.31 Å². The number of hydrogen-bond donors (Lipinski definition) is 1. The van der Waals surface area contributed by atoms with Crippen molar-refractivity contribution < 1.29 is 13.0 Å². The maximum absolute atomic E-state index is 11.9. The smallest absolute Gasteiger partial charge is 0.269 e. The summed E-state index contributed by atoms with van der Waals surface area (Å²) in [5.74, 6) is 0. The second kappa shape index (κ2) is 12.3. The van der Waals surface area contributed by atoms with Crippen molar-refractivity contribution >= 4 is 16.0 Å². The Bertz CT molecular complexity index is 572. The van der Waals surface area contributed by atoms with Crippen LogP contribution in [-0.2, 0) is 16.7 Å². The van der Waals surface area contributed by atoms with E-state index in [-0.39, 0.29) is 0 Å². The molecule has 1 aromatic carbocycles. The van der Waals surface area contributed by atoms with E-state index in [4.69, 9.17) is 0 Å². The largest absolute Gasteiger partial charge is 0.359 e. The van der Waals surface area contributed by atoms with Crippen LogP contribution in [0.2, 0.25) is 0 Å². The highest BCUT2D eigenvalue weighted by molar-refractivity contribution is 7.87. The van der Waals surface area contributed by atoms with Gasteiger partial charge < -0.3 is 0 Å². The third kappa shape index (κ3) is 8.73. The van der Waals surface area contributed by atoms with Crippen molar-refractivity contribution in [3.8, 4) is 0 Å². The molecule has 0 radical (unpaired) electrons. The van der Waals surface area contributed by atoms with Gasteiger partial charge >= 0.3 is 10.3 Å². The summed E-state index contributed by atoms with van der Waals surface area (Å²) in [5, 5.41) is 0. The van der Waals surface area contributed by atoms with Gasteiger partial charge in [-0.3, -0.25) is 4.55 Å². The van der Waals surface area contributed by atoms with Crippen LogP contribution >= 0.6 is 0 Å². The van der Waals surface area contributed by atoms with Crippen molar-refractivity contribution in [2.24, 2.45) is 0 Å². The minimum atomic E-state index is -4.24. The number of anilines is 1. The van der Waals surface area contributed by atoms with Crippen molar-refractivity contribution in [3.05, 3.63) is 29.8 Å². The van der Waals surface area contributed by atoms with Gasteiger partial charge in [-0.2, -0.15) is 8.42 Å². The predicted molar refractivity (Wildman–Crippen MR) is 107 cm³/mol. The van der Waals surface area contributed by atoms with E-state index < -0.39 is 10.3 Å². The summed E-state index contributed by atoms with van der Waals surface area (Å²) < 4.78 is 34.7. The molecule has 144 valence electrons. The molecular formula is C20H35NO3S. The Labute approximate surface area is 154 Å². The van der Waals surface area contributed by atoms with Crippen LogP contribution in [-0.4, -0.2) is 19.5 Å². The number of aryl methyl sites for hydroxylation is 1. The molecule has 1 aromatic rings. The Morgan fingerprint density at radius 1 is 0.840 bits per heavy atom. The summed E-state index contributed by atoms with van der Waals surface area (Å²) in [6.07, 6.45) is 11.9. The lowest BCUT2D eigenvalue weighted by Gasteiger charge is -2.23. The summed E-state index contributed by atoms with van der Waals surface area (Å²) in [5.41, 5.74) is 1.64. The number of para-hydroxylation sites is 1. The molecular weight excluding hydrogens is 334 g/mol. The van der Waals surface area contributed by atoms with E-state index in [9.17, 15) is 13.0 Å². The van der Waals surface area contributed by atoms with E-state index in [1.54, 1.807) is 6.07 Å². The molecule has 0 saturated heterocycles. The predicted octanol–water partition coefficient (Wildman–Crippen LogP) is 5.78. The Morgan fingerprint density at radius 3 is 2.00 bits per heavy atom. The molecule has 4 nitrogen and oxygen atoms in total. The molecule has 0 aliphatic carbocycles. The van der Waals surface area contributed by atoms with E-state index in [0.717, 1.165) is 50.5 Å². The van der Waals surface area contributed by atoms with Crippen LogP contribution in [0.25, 0.3) is 0 Å². The normalized spacial score (nSPS) is 11.6. The molecule has 1 N–H and O–H groups in total. The Morgan fingerprint density at radius 2 is 1.40 bits per heavy atom. The maximum atomic E-state index is 11.9. The maximum Gasteiger partial charge on any atom is 0.359 e. The third-order valence-corrected chi connectivity index (χ3v) is 5.49. The number of nitrogens with zero attached hydrogens (tertiary/aromatic N) is 1. The number of rotatable bonds is 14. The highest BCUT2D eigenvalue weighted by Crippen LogP contribution is 2.25. The first-order valence-electron chi connectivity index (χ1n) is 9.83. The van der Waals surface area contributed by atoms with Crippen molar-refractivity contribution in [3.63, 3.8) is 0 Å². The summed E-state index contributed by atoms with van der Waals surface area (Å²) in [6, 6.07) is 7.56. The SMILES string of the molecule is CCCCCCCc1ccccc1N(CCCCCCC)S(=O)(=O)O. The third-order valence-electron chi connectivity index (χ3n) is 4.55. The molecule has 0 heterocycles. The van der Waals surface area contributed by atoms with Gasteiger partial charge in [-0.1, -0.05) is 83.4 Å². The molecule has 5 heteroatoms. The highest BCUT2D eigenvalue weighted by Gasteiger charge is 2.21. The van der Waals surface area contributed by atoms with E-state index in [2.05, 4.69) is 13.8 Å². The molecule has 0 aromatic heterocycles. The first-order valence-corrected chi connectivity index (χ1v) is 11.2. The standard InChI is InChI=1S/C20H35NO3S/c1-3-5-7-9-11-15-19-16-12-13-17-20(19)21(25(22,23)24)18-14-10-8-6-4-2/h12-13,16-17H,3-11,14-15,18H2,1-2H3,(H,22,23,24). The Balaban J connectivity index is 2.73. The number of unbranched alkanes of at least 4 members (excludes halogenated alkanes) is 8. The molecule has 0 bridgehead atoms. The van der Waals surface area contributed by atoms with E-state index in [1.165, 1.54) is 30.0 Å². The lowest BCUT2D eigenvalue weighted by molar-refractivity contribution is 0.475. The zero-order valence-corrected chi connectivity index (χ0v) is 16.7. The summed E-state index contributed by atoms with van der Waals surface area (Å²) in [7, 11) is -4.24. The van der Waals surface area contributed by atoms with Gasteiger partial charge in [0.25, 0.3) is 0 Å². The molecule has 0 unspecified atom stereocenters. The van der Waals surface area contributed by atoms with Gasteiger partial charge in [-0.25, -0.2) is 4.31 Å². The lowest BCUT2D eigenvalue weighted by Crippen LogP contribution is -2.32. The monoisotopic (exact) mass is 369 g/mol. The minimum absolute atomic E-state index is 0.343. The highest BCUT2D eigenvalue weighted by atomic mass is 32.2. The minimum Gasteiger partial charge on any atom is -0.269 e. The van der Waals surface area contributed by atoms with Gasteiger partial charge in [0, 0.05) is 6.54 Å². The molecule has 0 fully saturated rings.